The summed E-state index contributed by atoms with van der Waals surface area (Å²) in [6.07, 6.45) is 2.22. The minimum atomic E-state index is 0.375. The molecule has 0 heterocycles. The highest BCUT2D eigenvalue weighted by molar-refractivity contribution is 5.84. The maximum Gasteiger partial charge on any atom is 0.149 e. The Morgan fingerprint density at radius 2 is 2.19 bits per heavy atom. The van der Waals surface area contributed by atoms with Crippen molar-refractivity contribution in [3.63, 3.8) is 0 Å². The standard InChI is InChI=1S/C14H19NO/c1-11-4-3-5-12(8-11)9-15(2)10-14(16)13-6-7-13/h3-5,8,13H,6-7,9-10H2,1-2H3. The number of aryl methyl sites for hydroxylation is 1. The summed E-state index contributed by atoms with van der Waals surface area (Å²) in [5, 5.41) is 0. The van der Waals surface area contributed by atoms with Crippen molar-refractivity contribution in [3.8, 4) is 0 Å². The number of carbonyl (C=O) groups excluding carboxylic acids is 1. The molecule has 0 atom stereocenters. The summed E-state index contributed by atoms with van der Waals surface area (Å²) in [5.41, 5.74) is 2.56. The average Bonchev–Trinajstić information content (AvgIpc) is 2.99. The number of carbonyl (C=O) groups is 1. The number of benzene rings is 1. The second-order valence-corrected chi connectivity index (χ2v) is 4.90. The van der Waals surface area contributed by atoms with Gasteiger partial charge in [0.25, 0.3) is 0 Å². The highest BCUT2D eigenvalue weighted by Gasteiger charge is 2.29. The highest BCUT2D eigenvalue weighted by atomic mass is 16.1. The number of Topliss-reactive ketones (excluding diaryl/α,β-unsaturated/α-hetero) is 1. The van der Waals surface area contributed by atoms with Gasteiger partial charge in [-0.15, -0.1) is 0 Å². The maximum atomic E-state index is 11.6. The molecule has 1 aromatic carbocycles. The van der Waals surface area contributed by atoms with Gasteiger partial charge in [0.2, 0.25) is 0 Å². The fourth-order valence-corrected chi connectivity index (χ4v) is 1.98. The smallest absolute Gasteiger partial charge is 0.149 e. The molecule has 0 saturated heterocycles. The molecule has 0 bridgehead atoms. The lowest BCUT2D eigenvalue weighted by Gasteiger charge is -2.15. The molecule has 2 heteroatoms. The lowest BCUT2D eigenvalue weighted by atomic mass is 10.1. The molecule has 2 nitrogen and oxygen atoms in total. The van der Waals surface area contributed by atoms with Crippen LogP contribution in [0.25, 0.3) is 0 Å². The van der Waals surface area contributed by atoms with Crippen LogP contribution >= 0.6 is 0 Å². The van der Waals surface area contributed by atoms with E-state index in [1.54, 1.807) is 0 Å². The van der Waals surface area contributed by atoms with Gasteiger partial charge in [-0.2, -0.15) is 0 Å². The van der Waals surface area contributed by atoms with Crippen LogP contribution in [0.1, 0.15) is 24.0 Å². The van der Waals surface area contributed by atoms with Crippen molar-refractivity contribution >= 4 is 5.78 Å². The number of nitrogens with zero attached hydrogens (tertiary/aromatic N) is 1. The van der Waals surface area contributed by atoms with Crippen molar-refractivity contribution in [3.05, 3.63) is 35.4 Å². The third-order valence-corrected chi connectivity index (χ3v) is 2.99. The predicted octanol–water partition coefficient (Wildman–Crippen LogP) is 2.41. The van der Waals surface area contributed by atoms with E-state index < -0.39 is 0 Å². The average molecular weight is 217 g/mol. The van der Waals surface area contributed by atoms with Crippen molar-refractivity contribution in [2.24, 2.45) is 5.92 Å². The zero-order chi connectivity index (χ0) is 11.5. The molecule has 1 aliphatic rings. The first kappa shape index (κ1) is 11.3. The molecular formula is C14H19NO. The van der Waals surface area contributed by atoms with E-state index in [4.69, 9.17) is 0 Å². The number of hydrogen-bond acceptors (Lipinski definition) is 2. The van der Waals surface area contributed by atoms with Crippen LogP contribution in [0.4, 0.5) is 0 Å². The van der Waals surface area contributed by atoms with Gasteiger partial charge < -0.3 is 0 Å². The molecule has 1 aromatic rings. The fraction of sp³-hybridized carbons (Fsp3) is 0.500. The summed E-state index contributed by atoms with van der Waals surface area (Å²) in [7, 11) is 2.02. The summed E-state index contributed by atoms with van der Waals surface area (Å²) in [5.74, 6) is 0.787. The van der Waals surface area contributed by atoms with Crippen LogP contribution in [-0.4, -0.2) is 24.3 Å². The molecule has 0 aromatic heterocycles. The molecule has 0 radical (unpaired) electrons. The Kier molecular flexibility index (Phi) is 3.39. The monoisotopic (exact) mass is 217 g/mol. The predicted molar refractivity (Wildman–Crippen MR) is 65.2 cm³/mol. The number of hydrogen-bond donors (Lipinski definition) is 0. The Labute approximate surface area is 97.3 Å². The highest BCUT2D eigenvalue weighted by Crippen LogP contribution is 2.29. The molecule has 1 fully saturated rings. The third kappa shape index (κ3) is 3.17. The minimum absolute atomic E-state index is 0.375. The fourth-order valence-electron chi connectivity index (χ4n) is 1.98. The third-order valence-electron chi connectivity index (χ3n) is 2.99. The molecule has 86 valence electrons. The largest absolute Gasteiger partial charge is 0.298 e. The van der Waals surface area contributed by atoms with E-state index in [-0.39, 0.29) is 0 Å². The Morgan fingerprint density at radius 3 is 2.81 bits per heavy atom. The first-order chi connectivity index (χ1) is 7.65. The van der Waals surface area contributed by atoms with E-state index in [0.29, 0.717) is 18.2 Å². The van der Waals surface area contributed by atoms with Crippen molar-refractivity contribution in [2.75, 3.05) is 13.6 Å². The molecule has 1 saturated carbocycles. The Hall–Kier alpha value is -1.15. The Balaban J connectivity index is 1.86. The molecular weight excluding hydrogens is 198 g/mol. The SMILES string of the molecule is Cc1cccc(CN(C)CC(=O)C2CC2)c1. The normalized spacial score (nSPS) is 15.4. The van der Waals surface area contributed by atoms with E-state index in [1.807, 2.05) is 7.05 Å². The van der Waals surface area contributed by atoms with Crippen molar-refractivity contribution in [2.45, 2.75) is 26.3 Å². The second-order valence-electron chi connectivity index (χ2n) is 4.90. The van der Waals surface area contributed by atoms with E-state index >= 15 is 0 Å². The Bertz CT molecular complexity index is 382. The van der Waals surface area contributed by atoms with Crippen molar-refractivity contribution < 1.29 is 4.79 Å². The van der Waals surface area contributed by atoms with Gasteiger partial charge in [0.1, 0.15) is 5.78 Å². The van der Waals surface area contributed by atoms with Gasteiger partial charge in [-0.25, -0.2) is 0 Å². The summed E-state index contributed by atoms with van der Waals surface area (Å²) in [6, 6.07) is 8.46. The van der Waals surface area contributed by atoms with Crippen molar-refractivity contribution in [1.29, 1.82) is 0 Å². The summed E-state index contributed by atoms with van der Waals surface area (Å²) in [6.45, 7) is 3.55. The summed E-state index contributed by atoms with van der Waals surface area (Å²) < 4.78 is 0. The summed E-state index contributed by atoms with van der Waals surface area (Å²) in [4.78, 5) is 13.7. The van der Waals surface area contributed by atoms with Gasteiger partial charge in [-0.05, 0) is 32.4 Å². The van der Waals surface area contributed by atoms with Crippen LogP contribution in [0.5, 0.6) is 0 Å². The van der Waals surface area contributed by atoms with Gasteiger partial charge in [0.05, 0.1) is 6.54 Å². The van der Waals surface area contributed by atoms with Crippen LogP contribution < -0.4 is 0 Å². The van der Waals surface area contributed by atoms with Crippen LogP contribution in [-0.2, 0) is 11.3 Å². The minimum Gasteiger partial charge on any atom is -0.298 e. The van der Waals surface area contributed by atoms with Crippen LogP contribution in [0.15, 0.2) is 24.3 Å². The quantitative estimate of drug-likeness (QED) is 0.755. The molecule has 0 unspecified atom stereocenters. The topological polar surface area (TPSA) is 20.3 Å². The summed E-state index contributed by atoms with van der Waals surface area (Å²) >= 11 is 0. The van der Waals surface area contributed by atoms with Gasteiger partial charge in [0, 0.05) is 12.5 Å². The maximum absolute atomic E-state index is 11.6. The van der Waals surface area contributed by atoms with Crippen LogP contribution in [0.3, 0.4) is 0 Å². The van der Waals surface area contributed by atoms with Crippen LogP contribution in [0.2, 0.25) is 0 Å². The number of rotatable bonds is 5. The number of likely N-dealkylation sites (N-methyl/N-ethyl adjacent to an activating group) is 1. The Morgan fingerprint density at radius 1 is 1.44 bits per heavy atom. The lowest BCUT2D eigenvalue weighted by Crippen LogP contribution is -2.26. The zero-order valence-corrected chi connectivity index (χ0v) is 10.1. The van der Waals surface area contributed by atoms with E-state index in [1.165, 1.54) is 11.1 Å². The van der Waals surface area contributed by atoms with Gasteiger partial charge in [0.15, 0.2) is 0 Å². The van der Waals surface area contributed by atoms with E-state index in [2.05, 4.69) is 36.1 Å². The number of ketones is 1. The van der Waals surface area contributed by atoms with E-state index in [9.17, 15) is 4.79 Å². The van der Waals surface area contributed by atoms with Gasteiger partial charge >= 0.3 is 0 Å². The first-order valence-corrected chi connectivity index (χ1v) is 5.92. The van der Waals surface area contributed by atoms with Crippen molar-refractivity contribution in [1.82, 2.24) is 4.90 Å². The molecule has 0 spiro atoms. The molecule has 0 N–H and O–H groups in total. The second kappa shape index (κ2) is 4.79. The molecule has 0 aliphatic heterocycles. The molecule has 1 aliphatic carbocycles. The van der Waals surface area contributed by atoms with Gasteiger partial charge in [-0.3, -0.25) is 9.69 Å². The van der Waals surface area contributed by atoms with Crippen LogP contribution in [0, 0.1) is 12.8 Å². The zero-order valence-electron chi connectivity index (χ0n) is 10.1. The molecule has 16 heavy (non-hydrogen) atoms. The van der Waals surface area contributed by atoms with Gasteiger partial charge in [-0.1, -0.05) is 29.8 Å². The molecule has 0 amide bonds. The molecule has 2 rings (SSSR count). The first-order valence-electron chi connectivity index (χ1n) is 5.92. The van der Waals surface area contributed by atoms with E-state index in [0.717, 1.165) is 19.4 Å². The lowest BCUT2D eigenvalue weighted by molar-refractivity contribution is -0.121.